The number of hydrogen-bond acceptors (Lipinski definition) is 4. The first kappa shape index (κ1) is 25.4. The number of aryl methyl sites for hydroxylation is 3. The summed E-state index contributed by atoms with van der Waals surface area (Å²) in [6.07, 6.45) is -1.45. The maximum atomic E-state index is 14.4. The summed E-state index contributed by atoms with van der Waals surface area (Å²) in [4.78, 5) is 27.8. The summed E-state index contributed by atoms with van der Waals surface area (Å²) in [6, 6.07) is 10.3. The molecule has 0 spiro atoms. The van der Waals surface area contributed by atoms with Crippen LogP contribution in [0.5, 0.6) is 5.75 Å². The Morgan fingerprint density at radius 1 is 1.00 bits per heavy atom. The standard InChI is InChI=1S/C27H34FN2O4/c1-17-9-11-22(14-19(17)3)33-24(21-10-8-18(2)23(28)15-21)25(31)29-12-13-30(20(4)16-29)26(32)34-27(5,6)7/h8-11,14-15,24H,12-13,16H2,1-7H3/q+1. The first-order valence-corrected chi connectivity index (χ1v) is 11.5. The minimum atomic E-state index is -1.02. The highest BCUT2D eigenvalue weighted by molar-refractivity contribution is 5.90. The first-order valence-electron chi connectivity index (χ1n) is 11.5. The Morgan fingerprint density at radius 3 is 2.26 bits per heavy atom. The van der Waals surface area contributed by atoms with Crippen molar-refractivity contribution in [3.63, 3.8) is 0 Å². The zero-order valence-electron chi connectivity index (χ0n) is 21.1. The monoisotopic (exact) mass is 469 g/mol. The molecule has 2 amide bonds. The molecule has 1 unspecified atom stereocenters. The Labute approximate surface area is 201 Å². The van der Waals surface area contributed by atoms with Gasteiger partial charge < -0.3 is 14.4 Å². The summed E-state index contributed by atoms with van der Waals surface area (Å²) in [5.74, 6) is -0.142. The molecular weight excluding hydrogens is 435 g/mol. The van der Waals surface area contributed by atoms with Crippen molar-refractivity contribution in [1.29, 1.82) is 0 Å². The van der Waals surface area contributed by atoms with Crippen LogP contribution in [0.4, 0.5) is 9.18 Å². The fourth-order valence-corrected chi connectivity index (χ4v) is 3.73. The van der Waals surface area contributed by atoms with Crippen molar-refractivity contribution < 1.29 is 28.0 Å². The van der Waals surface area contributed by atoms with E-state index in [9.17, 15) is 14.0 Å². The van der Waals surface area contributed by atoms with Gasteiger partial charge in [0.05, 0.1) is 6.54 Å². The second kappa shape index (κ2) is 9.95. The van der Waals surface area contributed by atoms with Gasteiger partial charge in [-0.25, -0.2) is 4.39 Å². The van der Waals surface area contributed by atoms with Gasteiger partial charge in [0, 0.05) is 12.5 Å². The molecule has 0 saturated heterocycles. The predicted octanol–water partition coefficient (Wildman–Crippen LogP) is 5.12. The highest BCUT2D eigenvalue weighted by Gasteiger charge is 2.37. The molecule has 1 aliphatic heterocycles. The molecule has 1 heterocycles. The van der Waals surface area contributed by atoms with Crippen molar-refractivity contribution in [3.05, 3.63) is 64.5 Å². The number of ether oxygens (including phenoxy) is 2. The minimum Gasteiger partial charge on any atom is -0.476 e. The van der Waals surface area contributed by atoms with Gasteiger partial charge in [0.2, 0.25) is 6.10 Å². The normalized spacial score (nSPS) is 15.2. The first-order chi connectivity index (χ1) is 15.9. The van der Waals surface area contributed by atoms with Gasteiger partial charge in [0.1, 0.15) is 23.7 Å². The van der Waals surface area contributed by atoms with E-state index in [0.29, 0.717) is 35.7 Å². The molecule has 0 fully saturated rings. The van der Waals surface area contributed by atoms with Gasteiger partial charge in [0.25, 0.3) is 5.91 Å². The number of carbonyl (C=O) groups excluding carboxylic acids is 2. The van der Waals surface area contributed by atoms with Gasteiger partial charge in [-0.15, -0.1) is 4.58 Å². The molecule has 0 bridgehead atoms. The average molecular weight is 470 g/mol. The summed E-state index contributed by atoms with van der Waals surface area (Å²) in [5.41, 5.74) is 3.18. The highest BCUT2D eigenvalue weighted by atomic mass is 19.1. The SMILES string of the molecule is CC1=[N+](C(=O)OC(C)(C)C)CCN(C(=O)C(Oc2ccc(C)c(C)c2)c2ccc(C)c(F)c2)C1. The van der Waals surface area contributed by atoms with Crippen LogP contribution in [0.15, 0.2) is 36.4 Å². The molecule has 2 aromatic rings. The molecule has 0 radical (unpaired) electrons. The van der Waals surface area contributed by atoms with Gasteiger partial charge >= 0.3 is 6.09 Å². The van der Waals surface area contributed by atoms with E-state index in [-0.39, 0.29) is 12.5 Å². The molecule has 1 atom stereocenters. The maximum absolute atomic E-state index is 14.4. The fourth-order valence-electron chi connectivity index (χ4n) is 3.73. The van der Waals surface area contributed by atoms with Crippen LogP contribution in [-0.2, 0) is 9.53 Å². The van der Waals surface area contributed by atoms with Crippen LogP contribution >= 0.6 is 0 Å². The smallest absolute Gasteiger partial charge is 0.476 e. The number of hydrogen-bond donors (Lipinski definition) is 0. The number of halogens is 1. The summed E-state index contributed by atoms with van der Waals surface area (Å²) in [5, 5.41) is 0. The summed E-state index contributed by atoms with van der Waals surface area (Å²) < 4.78 is 27.6. The lowest BCUT2D eigenvalue weighted by Gasteiger charge is -2.29. The lowest BCUT2D eigenvalue weighted by Crippen LogP contribution is -2.50. The van der Waals surface area contributed by atoms with Crippen molar-refractivity contribution in [3.8, 4) is 5.75 Å². The van der Waals surface area contributed by atoms with Crippen molar-refractivity contribution in [2.75, 3.05) is 19.6 Å². The molecule has 0 saturated carbocycles. The quantitative estimate of drug-likeness (QED) is 0.583. The molecule has 0 N–H and O–H groups in total. The lowest BCUT2D eigenvalue weighted by molar-refractivity contribution is -0.457. The Hall–Kier alpha value is -3.22. The van der Waals surface area contributed by atoms with Crippen molar-refractivity contribution in [1.82, 2.24) is 4.90 Å². The summed E-state index contributed by atoms with van der Waals surface area (Å²) in [7, 11) is 0. The Bertz CT molecular complexity index is 1130. The van der Waals surface area contributed by atoms with Crippen LogP contribution in [0, 0.1) is 26.6 Å². The van der Waals surface area contributed by atoms with E-state index in [0.717, 1.165) is 11.1 Å². The molecule has 6 nitrogen and oxygen atoms in total. The lowest BCUT2D eigenvalue weighted by atomic mass is 10.0. The second-order valence-electron chi connectivity index (χ2n) is 9.88. The van der Waals surface area contributed by atoms with E-state index in [1.54, 1.807) is 35.5 Å². The molecule has 34 heavy (non-hydrogen) atoms. The van der Waals surface area contributed by atoms with Crippen LogP contribution in [0.1, 0.15) is 56.1 Å². The molecular formula is C27H34FN2O4+. The molecule has 2 aromatic carbocycles. The topological polar surface area (TPSA) is 58.8 Å². The van der Waals surface area contributed by atoms with Crippen LogP contribution < -0.4 is 4.74 Å². The number of nitrogens with zero attached hydrogens (tertiary/aromatic N) is 2. The molecule has 182 valence electrons. The highest BCUT2D eigenvalue weighted by Crippen LogP contribution is 2.27. The van der Waals surface area contributed by atoms with Gasteiger partial charge in [-0.3, -0.25) is 4.79 Å². The molecule has 0 aliphatic carbocycles. The third-order valence-corrected chi connectivity index (χ3v) is 5.85. The van der Waals surface area contributed by atoms with Crippen LogP contribution in [0.25, 0.3) is 0 Å². The van der Waals surface area contributed by atoms with Gasteiger partial charge in [-0.2, -0.15) is 4.79 Å². The van der Waals surface area contributed by atoms with E-state index in [1.165, 1.54) is 6.07 Å². The minimum absolute atomic E-state index is 0.249. The molecule has 7 heteroatoms. The van der Waals surface area contributed by atoms with E-state index in [4.69, 9.17) is 9.47 Å². The predicted molar refractivity (Wildman–Crippen MR) is 129 cm³/mol. The van der Waals surface area contributed by atoms with E-state index in [1.807, 2.05) is 52.8 Å². The zero-order chi connectivity index (χ0) is 25.2. The zero-order valence-corrected chi connectivity index (χ0v) is 21.1. The van der Waals surface area contributed by atoms with E-state index in [2.05, 4.69) is 0 Å². The number of amides is 2. The van der Waals surface area contributed by atoms with Crippen molar-refractivity contribution in [2.45, 2.75) is 60.2 Å². The van der Waals surface area contributed by atoms with Crippen molar-refractivity contribution >= 4 is 17.7 Å². The third kappa shape index (κ3) is 6.01. The van der Waals surface area contributed by atoms with Gasteiger partial charge in [0.15, 0.2) is 12.3 Å². The second-order valence-corrected chi connectivity index (χ2v) is 9.88. The Morgan fingerprint density at radius 2 is 1.68 bits per heavy atom. The van der Waals surface area contributed by atoms with Crippen LogP contribution in [-0.4, -0.2) is 52.4 Å². The number of benzene rings is 2. The maximum Gasteiger partial charge on any atom is 0.596 e. The third-order valence-electron chi connectivity index (χ3n) is 5.85. The van der Waals surface area contributed by atoms with Crippen molar-refractivity contribution in [2.24, 2.45) is 0 Å². The molecule has 1 aliphatic rings. The molecule has 0 aromatic heterocycles. The molecule has 3 rings (SSSR count). The van der Waals surface area contributed by atoms with Gasteiger partial charge in [-0.05, 0) is 76.4 Å². The van der Waals surface area contributed by atoms with Gasteiger partial charge in [-0.1, -0.05) is 18.2 Å². The Kier molecular flexibility index (Phi) is 7.44. The number of rotatable bonds is 4. The average Bonchev–Trinajstić information content (AvgIpc) is 2.74. The van der Waals surface area contributed by atoms with E-state index >= 15 is 0 Å². The van der Waals surface area contributed by atoms with E-state index < -0.39 is 23.6 Å². The fraction of sp³-hybridized carbons (Fsp3) is 0.444. The number of carbonyl (C=O) groups is 2. The Balaban J connectivity index is 1.88. The van der Waals surface area contributed by atoms with Crippen LogP contribution in [0.2, 0.25) is 0 Å². The largest absolute Gasteiger partial charge is 0.596 e. The summed E-state index contributed by atoms with van der Waals surface area (Å²) in [6.45, 7) is 13.8. The van der Waals surface area contributed by atoms with Crippen LogP contribution in [0.3, 0.4) is 0 Å². The summed E-state index contributed by atoms with van der Waals surface area (Å²) >= 11 is 0.